The van der Waals surface area contributed by atoms with E-state index < -0.39 is 0 Å². The van der Waals surface area contributed by atoms with E-state index in [2.05, 4.69) is 32.0 Å². The van der Waals surface area contributed by atoms with E-state index >= 15 is 0 Å². The van der Waals surface area contributed by atoms with Crippen LogP contribution in [0.15, 0.2) is 6.20 Å². The second-order valence-electron chi connectivity index (χ2n) is 4.48. The van der Waals surface area contributed by atoms with Crippen LogP contribution in [0.1, 0.15) is 68.7 Å². The van der Waals surface area contributed by atoms with Gasteiger partial charge >= 0.3 is 0 Å². The zero-order chi connectivity index (χ0) is 11.1. The number of hydrogen-bond acceptors (Lipinski definition) is 2. The first-order valence-electron chi connectivity index (χ1n) is 6.18. The second kappa shape index (κ2) is 7.00. The van der Waals surface area contributed by atoms with Crippen molar-refractivity contribution in [2.45, 2.75) is 65.2 Å². The van der Waals surface area contributed by atoms with Gasteiger partial charge in [-0.1, -0.05) is 46.5 Å². The summed E-state index contributed by atoms with van der Waals surface area (Å²) in [6.07, 6.45) is 10.1. The monoisotopic (exact) mass is 225 g/mol. The van der Waals surface area contributed by atoms with Gasteiger partial charge in [0.2, 0.25) is 0 Å². The fraction of sp³-hybridized carbons (Fsp3) is 0.769. The van der Waals surface area contributed by atoms with Gasteiger partial charge < -0.3 is 0 Å². The first kappa shape index (κ1) is 12.7. The summed E-state index contributed by atoms with van der Waals surface area (Å²) in [7, 11) is 0. The van der Waals surface area contributed by atoms with Crippen molar-refractivity contribution in [3.63, 3.8) is 0 Å². The SMILES string of the molecule is CCCCCCCc1cnc(C(C)C)s1. The van der Waals surface area contributed by atoms with Gasteiger partial charge in [0.25, 0.3) is 0 Å². The summed E-state index contributed by atoms with van der Waals surface area (Å²) in [6, 6.07) is 0. The van der Waals surface area contributed by atoms with Crippen LogP contribution in [0, 0.1) is 0 Å². The molecular formula is C13H23NS. The molecule has 1 aromatic rings. The maximum Gasteiger partial charge on any atom is 0.0953 e. The lowest BCUT2D eigenvalue weighted by molar-refractivity contribution is 0.634. The van der Waals surface area contributed by atoms with Gasteiger partial charge in [0.15, 0.2) is 0 Å². The van der Waals surface area contributed by atoms with E-state index in [1.54, 1.807) is 0 Å². The predicted molar refractivity (Wildman–Crippen MR) is 68.7 cm³/mol. The molecule has 0 N–H and O–H groups in total. The van der Waals surface area contributed by atoms with Crippen molar-refractivity contribution in [1.82, 2.24) is 4.98 Å². The van der Waals surface area contributed by atoms with Gasteiger partial charge in [0.1, 0.15) is 0 Å². The smallest absolute Gasteiger partial charge is 0.0953 e. The van der Waals surface area contributed by atoms with Gasteiger partial charge in [-0.3, -0.25) is 0 Å². The minimum atomic E-state index is 0.587. The largest absolute Gasteiger partial charge is 0.249 e. The fourth-order valence-electron chi connectivity index (χ4n) is 1.61. The standard InChI is InChI=1S/C13H23NS/c1-4-5-6-7-8-9-12-10-14-13(15-12)11(2)3/h10-11H,4-9H2,1-3H3. The number of hydrogen-bond donors (Lipinski definition) is 0. The molecule has 1 heterocycles. The summed E-state index contributed by atoms with van der Waals surface area (Å²) in [5, 5.41) is 1.29. The topological polar surface area (TPSA) is 12.9 Å². The molecular weight excluding hydrogens is 202 g/mol. The normalized spacial score (nSPS) is 11.2. The molecule has 0 aromatic carbocycles. The summed E-state index contributed by atoms with van der Waals surface area (Å²) in [4.78, 5) is 5.92. The Bertz CT molecular complexity index is 265. The molecule has 0 amide bonds. The van der Waals surface area contributed by atoms with Crippen LogP contribution in [-0.2, 0) is 6.42 Å². The van der Waals surface area contributed by atoms with Crippen molar-refractivity contribution in [3.8, 4) is 0 Å². The highest BCUT2D eigenvalue weighted by Gasteiger charge is 2.05. The van der Waals surface area contributed by atoms with Crippen molar-refractivity contribution < 1.29 is 0 Å². The van der Waals surface area contributed by atoms with Crippen LogP contribution in [-0.4, -0.2) is 4.98 Å². The van der Waals surface area contributed by atoms with Crippen LogP contribution in [0.4, 0.5) is 0 Å². The lowest BCUT2D eigenvalue weighted by atomic mass is 10.1. The minimum Gasteiger partial charge on any atom is -0.249 e. The first-order chi connectivity index (χ1) is 7.24. The zero-order valence-corrected chi connectivity index (χ0v) is 11.1. The van der Waals surface area contributed by atoms with E-state index in [0.29, 0.717) is 5.92 Å². The Morgan fingerprint density at radius 1 is 1.20 bits per heavy atom. The number of rotatable bonds is 7. The van der Waals surface area contributed by atoms with Crippen LogP contribution in [0.3, 0.4) is 0 Å². The van der Waals surface area contributed by atoms with E-state index in [4.69, 9.17) is 0 Å². The first-order valence-corrected chi connectivity index (χ1v) is 7.00. The molecule has 0 bridgehead atoms. The van der Waals surface area contributed by atoms with E-state index in [1.165, 1.54) is 48.4 Å². The van der Waals surface area contributed by atoms with Crippen LogP contribution in [0.25, 0.3) is 0 Å². The third kappa shape index (κ3) is 4.78. The third-order valence-electron chi connectivity index (χ3n) is 2.59. The Kier molecular flexibility index (Phi) is 5.92. The predicted octanol–water partition coefficient (Wildman–Crippen LogP) is 4.78. The number of aromatic nitrogens is 1. The molecule has 1 aromatic heterocycles. The third-order valence-corrected chi connectivity index (χ3v) is 3.95. The van der Waals surface area contributed by atoms with Gasteiger partial charge in [0, 0.05) is 17.0 Å². The lowest BCUT2D eigenvalue weighted by Gasteiger charge is -1.98. The molecule has 0 unspecified atom stereocenters. The van der Waals surface area contributed by atoms with Gasteiger partial charge in [-0.05, 0) is 12.8 Å². The van der Waals surface area contributed by atoms with Gasteiger partial charge in [-0.2, -0.15) is 0 Å². The van der Waals surface area contributed by atoms with Crippen LogP contribution >= 0.6 is 11.3 Å². The molecule has 0 saturated carbocycles. The summed E-state index contributed by atoms with van der Waals surface area (Å²) < 4.78 is 0. The van der Waals surface area contributed by atoms with Gasteiger partial charge in [-0.15, -0.1) is 11.3 Å². The average molecular weight is 225 g/mol. The molecule has 0 radical (unpaired) electrons. The number of aryl methyl sites for hydroxylation is 1. The second-order valence-corrected chi connectivity index (χ2v) is 5.63. The van der Waals surface area contributed by atoms with Crippen LogP contribution < -0.4 is 0 Å². The zero-order valence-electron chi connectivity index (χ0n) is 10.3. The highest BCUT2D eigenvalue weighted by molar-refractivity contribution is 7.11. The van der Waals surface area contributed by atoms with Crippen molar-refractivity contribution in [3.05, 3.63) is 16.1 Å². The lowest BCUT2D eigenvalue weighted by Crippen LogP contribution is -1.82. The highest BCUT2D eigenvalue weighted by Crippen LogP contribution is 2.22. The number of thiazole rings is 1. The van der Waals surface area contributed by atoms with Crippen molar-refractivity contribution >= 4 is 11.3 Å². The quantitative estimate of drug-likeness (QED) is 0.609. The molecule has 0 aliphatic heterocycles. The number of unbranched alkanes of at least 4 members (excludes halogenated alkanes) is 4. The van der Waals surface area contributed by atoms with Crippen LogP contribution in [0.5, 0.6) is 0 Å². The number of nitrogens with zero attached hydrogens (tertiary/aromatic N) is 1. The molecule has 0 fully saturated rings. The maximum atomic E-state index is 4.45. The van der Waals surface area contributed by atoms with E-state index in [0.717, 1.165) is 0 Å². The molecule has 15 heavy (non-hydrogen) atoms. The van der Waals surface area contributed by atoms with Gasteiger partial charge in [0.05, 0.1) is 5.01 Å². The highest BCUT2D eigenvalue weighted by atomic mass is 32.1. The van der Waals surface area contributed by atoms with Crippen molar-refractivity contribution in [2.75, 3.05) is 0 Å². The molecule has 0 atom stereocenters. The maximum absolute atomic E-state index is 4.45. The fourth-order valence-corrected chi connectivity index (χ4v) is 2.57. The molecule has 86 valence electrons. The Hall–Kier alpha value is -0.370. The Morgan fingerprint density at radius 2 is 1.93 bits per heavy atom. The van der Waals surface area contributed by atoms with Crippen molar-refractivity contribution in [2.24, 2.45) is 0 Å². The summed E-state index contributed by atoms with van der Waals surface area (Å²) in [5.41, 5.74) is 0. The van der Waals surface area contributed by atoms with Crippen LogP contribution in [0.2, 0.25) is 0 Å². The minimum absolute atomic E-state index is 0.587. The Morgan fingerprint density at radius 3 is 2.53 bits per heavy atom. The van der Waals surface area contributed by atoms with Gasteiger partial charge in [-0.25, -0.2) is 4.98 Å². The molecule has 1 rings (SSSR count). The molecule has 1 nitrogen and oxygen atoms in total. The molecule has 0 spiro atoms. The molecule has 0 aliphatic rings. The van der Waals surface area contributed by atoms with Crippen molar-refractivity contribution in [1.29, 1.82) is 0 Å². The molecule has 0 saturated heterocycles. The molecule has 0 aliphatic carbocycles. The summed E-state index contributed by atoms with van der Waals surface area (Å²) in [6.45, 7) is 6.69. The van der Waals surface area contributed by atoms with E-state index in [1.807, 2.05) is 11.3 Å². The van der Waals surface area contributed by atoms with E-state index in [9.17, 15) is 0 Å². The Labute approximate surface area is 97.9 Å². The summed E-state index contributed by atoms with van der Waals surface area (Å²) >= 11 is 1.89. The van der Waals surface area contributed by atoms with E-state index in [-0.39, 0.29) is 0 Å². The average Bonchev–Trinajstić information content (AvgIpc) is 2.66. The molecule has 2 heteroatoms. The summed E-state index contributed by atoms with van der Waals surface area (Å²) in [5.74, 6) is 0.587. The Balaban J connectivity index is 2.20.